The fourth-order valence-electron chi connectivity index (χ4n) is 3.15. The van der Waals surface area contributed by atoms with E-state index in [1.165, 1.54) is 16.7 Å². The van der Waals surface area contributed by atoms with E-state index in [0.717, 1.165) is 12.0 Å². The smallest absolute Gasteiger partial charge is 0.123 e. The maximum Gasteiger partial charge on any atom is 0.123 e. The van der Waals surface area contributed by atoms with Gasteiger partial charge in [-0.1, -0.05) is 42.5 Å². The second kappa shape index (κ2) is 3.55. The average Bonchev–Trinajstić information content (AvgIpc) is 3.12. The van der Waals surface area contributed by atoms with Crippen LogP contribution in [0.15, 0.2) is 54.6 Å². The number of rotatable bonds is 2. The van der Waals surface area contributed by atoms with Gasteiger partial charge in [-0.3, -0.25) is 0 Å². The summed E-state index contributed by atoms with van der Waals surface area (Å²) in [6.07, 6.45) is 3.32. The highest BCUT2D eigenvalue weighted by atomic mass is 19.1. The molecule has 2 aliphatic carbocycles. The standard InChI is InChI=1S/C17H13F/c18-12-6-7-13-14(8-11-4-2-1-3-5-11)16-10-17(16)15(13)9-12/h1-7,9-10,14,16H,8H2. The number of allylic oxidation sites excluding steroid dienone is 2. The Hall–Kier alpha value is -1.89. The minimum atomic E-state index is -0.124. The van der Waals surface area contributed by atoms with E-state index >= 15 is 0 Å². The molecule has 2 atom stereocenters. The monoisotopic (exact) mass is 236 g/mol. The Labute approximate surface area is 106 Å². The number of hydrogen-bond acceptors (Lipinski definition) is 0. The molecule has 0 aromatic heterocycles. The summed E-state index contributed by atoms with van der Waals surface area (Å²) in [5.41, 5.74) is 5.17. The van der Waals surface area contributed by atoms with E-state index in [-0.39, 0.29) is 5.82 Å². The van der Waals surface area contributed by atoms with E-state index in [4.69, 9.17) is 0 Å². The summed E-state index contributed by atoms with van der Waals surface area (Å²) in [5, 5.41) is 0. The van der Waals surface area contributed by atoms with Gasteiger partial charge in [-0.25, -0.2) is 4.39 Å². The van der Waals surface area contributed by atoms with Gasteiger partial charge in [0.15, 0.2) is 0 Å². The van der Waals surface area contributed by atoms with Crippen molar-refractivity contribution in [2.24, 2.45) is 5.92 Å². The van der Waals surface area contributed by atoms with Crippen molar-refractivity contribution in [1.82, 2.24) is 0 Å². The van der Waals surface area contributed by atoms with E-state index < -0.39 is 0 Å². The van der Waals surface area contributed by atoms with Gasteiger partial charge in [0.05, 0.1) is 0 Å². The van der Waals surface area contributed by atoms with E-state index in [9.17, 15) is 4.39 Å². The van der Waals surface area contributed by atoms with Crippen molar-refractivity contribution in [3.05, 3.63) is 77.1 Å². The normalized spacial score (nSPS) is 23.3. The zero-order valence-corrected chi connectivity index (χ0v) is 9.94. The molecule has 1 heteroatoms. The Balaban J connectivity index is 1.70. The fraction of sp³-hybridized carbons (Fsp3) is 0.176. The van der Waals surface area contributed by atoms with E-state index in [2.05, 4.69) is 30.3 Å². The molecule has 0 saturated carbocycles. The maximum atomic E-state index is 13.3. The molecular weight excluding hydrogens is 223 g/mol. The first-order chi connectivity index (χ1) is 8.83. The molecule has 0 saturated heterocycles. The third kappa shape index (κ3) is 1.43. The third-order valence-electron chi connectivity index (χ3n) is 4.07. The fourth-order valence-corrected chi connectivity index (χ4v) is 3.15. The largest absolute Gasteiger partial charge is 0.207 e. The zero-order valence-electron chi connectivity index (χ0n) is 9.94. The van der Waals surface area contributed by atoms with Crippen LogP contribution in [-0.4, -0.2) is 0 Å². The molecule has 2 unspecified atom stereocenters. The minimum Gasteiger partial charge on any atom is -0.207 e. The Kier molecular flexibility index (Phi) is 1.99. The van der Waals surface area contributed by atoms with Crippen molar-refractivity contribution in [1.29, 1.82) is 0 Å². The van der Waals surface area contributed by atoms with Crippen LogP contribution in [0.1, 0.15) is 22.6 Å². The molecule has 18 heavy (non-hydrogen) atoms. The Morgan fingerprint density at radius 3 is 2.67 bits per heavy atom. The number of halogens is 1. The summed E-state index contributed by atoms with van der Waals surface area (Å²) < 4.78 is 13.3. The molecule has 2 aliphatic rings. The predicted octanol–water partition coefficient (Wildman–Crippen LogP) is 4.18. The first kappa shape index (κ1) is 10.1. The molecule has 2 aromatic carbocycles. The van der Waals surface area contributed by atoms with Crippen molar-refractivity contribution < 1.29 is 4.39 Å². The molecule has 0 radical (unpaired) electrons. The van der Waals surface area contributed by atoms with Crippen LogP contribution >= 0.6 is 0 Å². The molecule has 0 aliphatic heterocycles. The summed E-state index contributed by atoms with van der Waals surface area (Å²) >= 11 is 0. The maximum absolute atomic E-state index is 13.3. The van der Waals surface area contributed by atoms with Gasteiger partial charge in [0.1, 0.15) is 5.82 Å². The topological polar surface area (TPSA) is 0 Å². The van der Waals surface area contributed by atoms with Crippen LogP contribution < -0.4 is 0 Å². The van der Waals surface area contributed by atoms with Crippen molar-refractivity contribution in [3.63, 3.8) is 0 Å². The molecule has 0 N–H and O–H groups in total. The molecular formula is C17H13F. The highest BCUT2D eigenvalue weighted by Gasteiger charge is 2.43. The predicted molar refractivity (Wildman–Crippen MR) is 70.8 cm³/mol. The second-order valence-electron chi connectivity index (χ2n) is 5.18. The van der Waals surface area contributed by atoms with E-state index in [1.807, 2.05) is 12.1 Å². The summed E-state index contributed by atoms with van der Waals surface area (Å²) in [6, 6.07) is 15.8. The first-order valence-corrected chi connectivity index (χ1v) is 6.38. The van der Waals surface area contributed by atoms with Gasteiger partial charge in [-0.15, -0.1) is 0 Å². The first-order valence-electron chi connectivity index (χ1n) is 6.38. The minimum absolute atomic E-state index is 0.124. The van der Waals surface area contributed by atoms with Gasteiger partial charge in [-0.05, 0) is 46.7 Å². The number of fused-ring (bicyclic) bond motifs is 3. The highest BCUT2D eigenvalue weighted by Crippen LogP contribution is 2.57. The van der Waals surface area contributed by atoms with Crippen LogP contribution in [0.2, 0.25) is 0 Å². The lowest BCUT2D eigenvalue weighted by molar-refractivity contribution is 0.623. The lowest BCUT2D eigenvalue weighted by Gasteiger charge is -2.14. The van der Waals surface area contributed by atoms with Gasteiger partial charge in [0.2, 0.25) is 0 Å². The summed E-state index contributed by atoms with van der Waals surface area (Å²) in [4.78, 5) is 0. The summed E-state index contributed by atoms with van der Waals surface area (Å²) in [7, 11) is 0. The van der Waals surface area contributed by atoms with Crippen molar-refractivity contribution in [2.45, 2.75) is 12.3 Å². The Morgan fingerprint density at radius 1 is 1.00 bits per heavy atom. The van der Waals surface area contributed by atoms with E-state index in [0.29, 0.717) is 11.8 Å². The van der Waals surface area contributed by atoms with E-state index in [1.54, 1.807) is 12.1 Å². The van der Waals surface area contributed by atoms with Gasteiger partial charge in [0.25, 0.3) is 0 Å². The lowest BCUT2D eigenvalue weighted by Crippen LogP contribution is -2.03. The molecule has 0 bridgehead atoms. The summed E-state index contributed by atoms with van der Waals surface area (Å²) in [5.74, 6) is 0.945. The molecule has 4 rings (SSSR count). The van der Waals surface area contributed by atoms with Crippen molar-refractivity contribution >= 4 is 5.57 Å². The third-order valence-corrected chi connectivity index (χ3v) is 4.07. The van der Waals surface area contributed by atoms with Crippen LogP contribution in [0, 0.1) is 11.7 Å². The van der Waals surface area contributed by atoms with Gasteiger partial charge in [0, 0.05) is 5.92 Å². The molecule has 0 nitrogen and oxygen atoms in total. The molecule has 0 amide bonds. The van der Waals surface area contributed by atoms with Crippen molar-refractivity contribution in [2.75, 3.05) is 0 Å². The average molecular weight is 236 g/mol. The molecule has 88 valence electrons. The number of hydrogen-bond donors (Lipinski definition) is 0. The Bertz CT molecular complexity index is 640. The molecule has 0 spiro atoms. The molecule has 0 heterocycles. The SMILES string of the molecule is Fc1ccc2c(c1)C1=CC1C2Cc1ccccc1. The Morgan fingerprint density at radius 2 is 1.83 bits per heavy atom. The molecule has 2 aromatic rings. The van der Waals surface area contributed by atoms with Crippen LogP contribution in [-0.2, 0) is 6.42 Å². The second-order valence-corrected chi connectivity index (χ2v) is 5.18. The van der Waals surface area contributed by atoms with Gasteiger partial charge >= 0.3 is 0 Å². The molecule has 0 fully saturated rings. The van der Waals surface area contributed by atoms with Crippen LogP contribution in [0.4, 0.5) is 4.39 Å². The highest BCUT2D eigenvalue weighted by molar-refractivity contribution is 5.88. The van der Waals surface area contributed by atoms with Gasteiger partial charge in [-0.2, -0.15) is 0 Å². The van der Waals surface area contributed by atoms with Crippen molar-refractivity contribution in [3.8, 4) is 0 Å². The van der Waals surface area contributed by atoms with Crippen LogP contribution in [0.3, 0.4) is 0 Å². The lowest BCUT2D eigenvalue weighted by atomic mass is 9.90. The van der Waals surface area contributed by atoms with Gasteiger partial charge < -0.3 is 0 Å². The quantitative estimate of drug-likeness (QED) is 0.733. The van der Waals surface area contributed by atoms with Crippen LogP contribution in [0.5, 0.6) is 0 Å². The number of benzene rings is 2. The zero-order chi connectivity index (χ0) is 12.1. The van der Waals surface area contributed by atoms with Crippen LogP contribution in [0.25, 0.3) is 5.57 Å². The summed E-state index contributed by atoms with van der Waals surface area (Å²) in [6.45, 7) is 0.